The summed E-state index contributed by atoms with van der Waals surface area (Å²) in [5.41, 5.74) is 7.72. The molecular formula is C23H15ClN4O2. The van der Waals surface area contributed by atoms with E-state index in [9.17, 15) is 4.79 Å². The summed E-state index contributed by atoms with van der Waals surface area (Å²) in [4.78, 5) is 22.4. The van der Waals surface area contributed by atoms with Crippen molar-refractivity contribution in [1.82, 2.24) is 14.5 Å². The van der Waals surface area contributed by atoms with Crippen LogP contribution in [0.4, 0.5) is 5.88 Å². The van der Waals surface area contributed by atoms with Crippen molar-refractivity contribution in [3.8, 4) is 28.5 Å². The van der Waals surface area contributed by atoms with Crippen LogP contribution in [0.15, 0.2) is 88.2 Å². The summed E-state index contributed by atoms with van der Waals surface area (Å²) in [5.74, 6) is 1.95. The minimum atomic E-state index is -0.201. The Morgan fingerprint density at radius 3 is 2.37 bits per heavy atom. The first-order chi connectivity index (χ1) is 14.6. The number of nitrogens with two attached hydrogens (primary N) is 1. The minimum absolute atomic E-state index is 0.201. The number of hydrogen-bond acceptors (Lipinski definition) is 5. The molecule has 146 valence electrons. The standard InChI is InChI=1S/C23H15ClN4O2/c24-16-9-12-21(26-13-16)28-22(27-18-4-2-1-3-17(18)23(28)29)15-7-5-14(6-8-15)19-10-11-20(25)30-19/h1-13H,25H2. The Balaban J connectivity index is 1.72. The minimum Gasteiger partial charge on any atom is -0.441 e. The molecule has 0 unspecified atom stereocenters. The van der Waals surface area contributed by atoms with E-state index in [-0.39, 0.29) is 5.56 Å². The molecule has 0 radical (unpaired) electrons. The molecule has 0 aliphatic rings. The highest BCUT2D eigenvalue weighted by Gasteiger charge is 2.15. The van der Waals surface area contributed by atoms with Crippen molar-refractivity contribution in [2.24, 2.45) is 0 Å². The predicted molar refractivity (Wildman–Crippen MR) is 118 cm³/mol. The number of aromatic nitrogens is 3. The van der Waals surface area contributed by atoms with Crippen molar-refractivity contribution in [1.29, 1.82) is 0 Å². The lowest BCUT2D eigenvalue weighted by atomic mass is 10.1. The van der Waals surface area contributed by atoms with Crippen LogP contribution in [0.25, 0.3) is 39.4 Å². The lowest BCUT2D eigenvalue weighted by molar-refractivity contribution is 0.603. The van der Waals surface area contributed by atoms with Gasteiger partial charge in [-0.05, 0) is 30.3 Å². The van der Waals surface area contributed by atoms with Gasteiger partial charge in [0.2, 0.25) is 0 Å². The molecule has 0 saturated heterocycles. The smallest absolute Gasteiger partial charge is 0.267 e. The lowest BCUT2D eigenvalue weighted by Gasteiger charge is -2.13. The van der Waals surface area contributed by atoms with Crippen LogP contribution in [0.1, 0.15) is 0 Å². The second kappa shape index (κ2) is 7.17. The number of nitrogens with zero attached hydrogens (tertiary/aromatic N) is 3. The van der Waals surface area contributed by atoms with Crippen LogP contribution >= 0.6 is 11.6 Å². The number of nitrogen functional groups attached to an aromatic ring is 1. The molecule has 5 aromatic rings. The maximum absolute atomic E-state index is 13.3. The van der Waals surface area contributed by atoms with Crippen LogP contribution in [-0.4, -0.2) is 14.5 Å². The number of para-hydroxylation sites is 1. The average Bonchev–Trinajstić information content (AvgIpc) is 3.21. The van der Waals surface area contributed by atoms with E-state index >= 15 is 0 Å². The zero-order chi connectivity index (χ0) is 20.7. The van der Waals surface area contributed by atoms with Gasteiger partial charge in [0.25, 0.3) is 5.56 Å². The summed E-state index contributed by atoms with van der Waals surface area (Å²) >= 11 is 5.98. The first kappa shape index (κ1) is 18.1. The summed E-state index contributed by atoms with van der Waals surface area (Å²) in [6.45, 7) is 0. The maximum atomic E-state index is 13.3. The Kier molecular flexibility index (Phi) is 4.34. The predicted octanol–water partition coefficient (Wildman–Crippen LogP) is 4.94. The molecule has 0 amide bonds. The lowest BCUT2D eigenvalue weighted by Crippen LogP contribution is -2.22. The quantitative estimate of drug-likeness (QED) is 0.451. The molecule has 3 aromatic heterocycles. The van der Waals surface area contributed by atoms with Crippen molar-refractivity contribution < 1.29 is 4.42 Å². The van der Waals surface area contributed by atoms with E-state index in [0.717, 1.165) is 11.1 Å². The van der Waals surface area contributed by atoms with Crippen LogP contribution in [0, 0.1) is 0 Å². The number of fused-ring (bicyclic) bond motifs is 1. The Hall–Kier alpha value is -3.90. The van der Waals surface area contributed by atoms with Crippen molar-refractivity contribution >= 4 is 28.4 Å². The third-order valence-corrected chi connectivity index (χ3v) is 4.99. The SMILES string of the molecule is Nc1ccc(-c2ccc(-c3nc4ccccc4c(=O)n3-c3ccc(Cl)cn3)cc2)o1. The molecule has 0 spiro atoms. The zero-order valence-corrected chi connectivity index (χ0v) is 16.4. The molecule has 0 aliphatic heterocycles. The van der Waals surface area contributed by atoms with Gasteiger partial charge in [0.1, 0.15) is 17.4 Å². The second-order valence-electron chi connectivity index (χ2n) is 6.71. The molecule has 0 aliphatic carbocycles. The molecule has 2 aromatic carbocycles. The largest absolute Gasteiger partial charge is 0.441 e. The summed E-state index contributed by atoms with van der Waals surface area (Å²) in [5, 5.41) is 1.00. The summed E-state index contributed by atoms with van der Waals surface area (Å²) < 4.78 is 6.98. The van der Waals surface area contributed by atoms with Crippen molar-refractivity contribution in [3.05, 3.63) is 94.4 Å². The van der Waals surface area contributed by atoms with E-state index < -0.39 is 0 Å². The number of hydrogen-bond donors (Lipinski definition) is 1. The van der Waals surface area contributed by atoms with E-state index in [1.54, 1.807) is 24.3 Å². The molecule has 7 heteroatoms. The van der Waals surface area contributed by atoms with E-state index in [2.05, 4.69) is 4.98 Å². The summed E-state index contributed by atoms with van der Waals surface area (Å²) in [6, 6.07) is 21.7. The molecule has 2 N–H and O–H groups in total. The number of halogens is 1. The fourth-order valence-electron chi connectivity index (χ4n) is 3.33. The first-order valence-corrected chi connectivity index (χ1v) is 9.58. The van der Waals surface area contributed by atoms with Crippen LogP contribution in [0.3, 0.4) is 0 Å². The molecule has 0 bridgehead atoms. The highest BCUT2D eigenvalue weighted by atomic mass is 35.5. The number of pyridine rings is 1. The highest BCUT2D eigenvalue weighted by Crippen LogP contribution is 2.27. The van der Waals surface area contributed by atoms with Crippen LogP contribution in [0.2, 0.25) is 5.02 Å². The number of anilines is 1. The van der Waals surface area contributed by atoms with Crippen molar-refractivity contribution in [2.45, 2.75) is 0 Å². The van der Waals surface area contributed by atoms with Gasteiger partial charge in [0.05, 0.1) is 15.9 Å². The van der Waals surface area contributed by atoms with Crippen LogP contribution < -0.4 is 11.3 Å². The van der Waals surface area contributed by atoms with Crippen molar-refractivity contribution in [3.63, 3.8) is 0 Å². The van der Waals surface area contributed by atoms with E-state index in [1.807, 2.05) is 48.5 Å². The van der Waals surface area contributed by atoms with Gasteiger partial charge in [-0.25, -0.2) is 14.5 Å². The van der Waals surface area contributed by atoms with Gasteiger partial charge < -0.3 is 10.2 Å². The molecule has 5 rings (SSSR count). The van der Waals surface area contributed by atoms with Gasteiger partial charge in [0.15, 0.2) is 5.88 Å². The van der Waals surface area contributed by atoms with Gasteiger partial charge in [-0.1, -0.05) is 48.0 Å². The Bertz CT molecular complexity index is 1420. The molecule has 0 atom stereocenters. The monoisotopic (exact) mass is 414 g/mol. The van der Waals surface area contributed by atoms with Gasteiger partial charge in [-0.2, -0.15) is 0 Å². The summed E-state index contributed by atoms with van der Waals surface area (Å²) in [7, 11) is 0. The van der Waals surface area contributed by atoms with Gasteiger partial charge in [0, 0.05) is 23.4 Å². The van der Waals surface area contributed by atoms with Crippen LogP contribution in [0.5, 0.6) is 0 Å². The normalized spacial score (nSPS) is 11.1. The van der Waals surface area contributed by atoms with Crippen LogP contribution in [-0.2, 0) is 0 Å². The third kappa shape index (κ3) is 3.13. The number of benzene rings is 2. The van der Waals surface area contributed by atoms with E-state index in [4.69, 9.17) is 26.7 Å². The third-order valence-electron chi connectivity index (χ3n) is 4.77. The molecule has 3 heterocycles. The fraction of sp³-hybridized carbons (Fsp3) is 0. The van der Waals surface area contributed by atoms with E-state index in [1.165, 1.54) is 10.8 Å². The topological polar surface area (TPSA) is 86.9 Å². The average molecular weight is 415 g/mol. The Labute approximate surface area is 176 Å². The van der Waals surface area contributed by atoms with Crippen molar-refractivity contribution in [2.75, 3.05) is 5.73 Å². The fourth-order valence-corrected chi connectivity index (χ4v) is 3.44. The number of furan rings is 1. The van der Waals surface area contributed by atoms with Gasteiger partial charge in [-0.15, -0.1) is 0 Å². The molecule has 6 nitrogen and oxygen atoms in total. The zero-order valence-electron chi connectivity index (χ0n) is 15.6. The van der Waals surface area contributed by atoms with E-state index in [0.29, 0.717) is 39.2 Å². The van der Waals surface area contributed by atoms with Gasteiger partial charge >= 0.3 is 0 Å². The molecule has 0 fully saturated rings. The molecule has 30 heavy (non-hydrogen) atoms. The Morgan fingerprint density at radius 1 is 0.900 bits per heavy atom. The highest BCUT2D eigenvalue weighted by molar-refractivity contribution is 6.30. The second-order valence-corrected chi connectivity index (χ2v) is 7.14. The molecule has 0 saturated carbocycles. The molecular weight excluding hydrogens is 400 g/mol. The Morgan fingerprint density at radius 2 is 1.67 bits per heavy atom. The maximum Gasteiger partial charge on any atom is 0.267 e. The number of rotatable bonds is 3. The van der Waals surface area contributed by atoms with Gasteiger partial charge in [-0.3, -0.25) is 4.79 Å². The summed E-state index contributed by atoms with van der Waals surface area (Å²) in [6.07, 6.45) is 1.51. The first-order valence-electron chi connectivity index (χ1n) is 9.20.